The first kappa shape index (κ1) is 26.4. The minimum absolute atomic E-state index is 0.0381. The van der Waals surface area contributed by atoms with E-state index < -0.39 is 0 Å². The fourth-order valence-corrected chi connectivity index (χ4v) is 5.74. The SMILES string of the molecule is CN(C)c1nc(N[C@H]2CC[C@@H](NC(=O)c3ccccc3C(=O)c3cccc4ccccc34)CC2)nc2ccccc12. The summed E-state index contributed by atoms with van der Waals surface area (Å²) in [6, 6.07) is 28.9. The van der Waals surface area contributed by atoms with Crippen LogP contribution in [0.15, 0.2) is 91.0 Å². The number of benzene rings is 4. The summed E-state index contributed by atoms with van der Waals surface area (Å²) in [5, 5.41) is 9.62. The van der Waals surface area contributed by atoms with E-state index in [2.05, 4.69) is 10.6 Å². The number of rotatable bonds is 7. The maximum Gasteiger partial charge on any atom is 0.252 e. The Labute approximate surface area is 239 Å². The number of carbonyl (C=O) groups excluding carboxylic acids is 2. The van der Waals surface area contributed by atoms with Crippen molar-refractivity contribution in [2.45, 2.75) is 37.8 Å². The van der Waals surface area contributed by atoms with Crippen molar-refractivity contribution in [1.29, 1.82) is 0 Å². The van der Waals surface area contributed by atoms with Crippen molar-refractivity contribution in [3.63, 3.8) is 0 Å². The van der Waals surface area contributed by atoms with E-state index in [-0.39, 0.29) is 23.8 Å². The number of fused-ring (bicyclic) bond motifs is 2. The van der Waals surface area contributed by atoms with Crippen LogP contribution in [-0.4, -0.2) is 47.8 Å². The Morgan fingerprint density at radius 1 is 0.683 bits per heavy atom. The second-order valence-electron chi connectivity index (χ2n) is 10.9. The lowest BCUT2D eigenvalue weighted by Crippen LogP contribution is -2.40. The van der Waals surface area contributed by atoms with Gasteiger partial charge in [-0.2, -0.15) is 4.98 Å². The molecule has 1 aliphatic rings. The van der Waals surface area contributed by atoms with E-state index in [1.807, 2.05) is 91.8 Å². The van der Waals surface area contributed by atoms with Crippen molar-refractivity contribution in [1.82, 2.24) is 15.3 Å². The lowest BCUT2D eigenvalue weighted by Gasteiger charge is -2.30. The summed E-state index contributed by atoms with van der Waals surface area (Å²) in [5.41, 5.74) is 2.34. The van der Waals surface area contributed by atoms with Crippen molar-refractivity contribution in [3.05, 3.63) is 108 Å². The van der Waals surface area contributed by atoms with E-state index in [0.29, 0.717) is 22.6 Å². The Hall–Kier alpha value is -4.78. The third-order valence-corrected chi connectivity index (χ3v) is 7.85. The van der Waals surface area contributed by atoms with Crippen molar-refractivity contribution in [3.8, 4) is 0 Å². The van der Waals surface area contributed by atoms with Crippen LogP contribution in [0.25, 0.3) is 21.7 Å². The van der Waals surface area contributed by atoms with E-state index in [1.165, 1.54) is 0 Å². The van der Waals surface area contributed by atoms with Gasteiger partial charge in [-0.15, -0.1) is 0 Å². The zero-order valence-corrected chi connectivity index (χ0v) is 23.3. The molecule has 0 radical (unpaired) electrons. The molecule has 0 atom stereocenters. The number of aromatic nitrogens is 2. The largest absolute Gasteiger partial charge is 0.362 e. The molecule has 1 aliphatic carbocycles. The Balaban J connectivity index is 1.13. The summed E-state index contributed by atoms with van der Waals surface area (Å²) in [6.45, 7) is 0. The van der Waals surface area contributed by atoms with Gasteiger partial charge in [-0.05, 0) is 54.7 Å². The van der Waals surface area contributed by atoms with Crippen molar-refractivity contribution < 1.29 is 9.59 Å². The minimum atomic E-state index is -0.209. The van der Waals surface area contributed by atoms with Gasteiger partial charge in [0.25, 0.3) is 5.91 Å². The Bertz CT molecular complexity index is 1740. The maximum absolute atomic E-state index is 13.6. The standard InChI is InChI=1S/C34H33N5O2/c1-39(2)32-29-15-7-8-17-30(29)37-34(38-32)36-24-20-18-23(19-21-24)35-33(41)28-14-6-5-13-27(28)31(40)26-16-9-11-22-10-3-4-12-25(22)26/h3-17,23-24H,18-21H2,1-2H3,(H,35,41)(H,36,37,38)/t23-,24+. The Kier molecular flexibility index (Phi) is 7.33. The zero-order chi connectivity index (χ0) is 28.3. The Morgan fingerprint density at radius 3 is 2.07 bits per heavy atom. The number of carbonyl (C=O) groups is 2. The molecule has 7 nitrogen and oxygen atoms in total. The van der Waals surface area contributed by atoms with Gasteiger partial charge < -0.3 is 15.5 Å². The van der Waals surface area contributed by atoms with Crippen LogP contribution in [0.3, 0.4) is 0 Å². The van der Waals surface area contributed by atoms with Crippen LogP contribution in [0.5, 0.6) is 0 Å². The molecule has 7 heteroatoms. The third-order valence-electron chi connectivity index (χ3n) is 7.85. The van der Waals surface area contributed by atoms with Gasteiger partial charge in [0, 0.05) is 42.7 Å². The fraction of sp³-hybridized carbons (Fsp3) is 0.235. The van der Waals surface area contributed by atoms with Gasteiger partial charge in [0.2, 0.25) is 5.95 Å². The molecule has 0 unspecified atom stereocenters. The lowest BCUT2D eigenvalue weighted by molar-refractivity contribution is 0.0917. The molecular weight excluding hydrogens is 510 g/mol. The summed E-state index contributed by atoms with van der Waals surface area (Å²) in [4.78, 5) is 38.6. The maximum atomic E-state index is 13.6. The fourth-order valence-electron chi connectivity index (χ4n) is 5.74. The first-order valence-corrected chi connectivity index (χ1v) is 14.1. The highest BCUT2D eigenvalue weighted by molar-refractivity contribution is 6.20. The van der Waals surface area contributed by atoms with Gasteiger partial charge in [0.15, 0.2) is 5.78 Å². The molecule has 1 heterocycles. The molecule has 6 rings (SSSR count). The third kappa shape index (κ3) is 5.48. The van der Waals surface area contributed by atoms with E-state index in [1.54, 1.807) is 18.2 Å². The van der Waals surface area contributed by atoms with Crippen molar-refractivity contribution in [2.75, 3.05) is 24.3 Å². The molecule has 0 bridgehead atoms. The highest BCUT2D eigenvalue weighted by Crippen LogP contribution is 2.27. The van der Waals surface area contributed by atoms with Crippen LogP contribution in [0.4, 0.5) is 11.8 Å². The van der Waals surface area contributed by atoms with E-state index in [9.17, 15) is 9.59 Å². The van der Waals surface area contributed by atoms with Gasteiger partial charge in [0.05, 0.1) is 11.1 Å². The average molecular weight is 544 g/mol. The first-order valence-electron chi connectivity index (χ1n) is 14.1. The number of ketones is 1. The van der Waals surface area contributed by atoms with Crippen LogP contribution in [0.2, 0.25) is 0 Å². The molecule has 0 aliphatic heterocycles. The zero-order valence-electron chi connectivity index (χ0n) is 23.3. The minimum Gasteiger partial charge on any atom is -0.362 e. The molecule has 1 saturated carbocycles. The van der Waals surface area contributed by atoms with Crippen molar-refractivity contribution in [2.24, 2.45) is 0 Å². The van der Waals surface area contributed by atoms with E-state index >= 15 is 0 Å². The van der Waals surface area contributed by atoms with Gasteiger partial charge in [-0.1, -0.05) is 72.8 Å². The van der Waals surface area contributed by atoms with Gasteiger partial charge in [-0.25, -0.2) is 4.98 Å². The highest BCUT2D eigenvalue weighted by Gasteiger charge is 2.26. The molecule has 5 aromatic rings. The number of nitrogens with one attached hydrogen (secondary N) is 2. The molecule has 4 aromatic carbocycles. The second kappa shape index (κ2) is 11.4. The molecular formula is C34H33N5O2. The normalized spacial score (nSPS) is 16.8. The molecule has 0 spiro atoms. The van der Waals surface area contributed by atoms with E-state index in [4.69, 9.17) is 9.97 Å². The van der Waals surface area contributed by atoms with Crippen LogP contribution >= 0.6 is 0 Å². The second-order valence-corrected chi connectivity index (χ2v) is 10.9. The van der Waals surface area contributed by atoms with Crippen molar-refractivity contribution >= 4 is 45.1 Å². The molecule has 2 N–H and O–H groups in total. The number of nitrogens with zero attached hydrogens (tertiary/aromatic N) is 3. The van der Waals surface area contributed by atoms with E-state index in [0.717, 1.165) is 53.2 Å². The number of amides is 1. The topological polar surface area (TPSA) is 87.2 Å². The van der Waals surface area contributed by atoms with Crippen LogP contribution < -0.4 is 15.5 Å². The number of hydrogen-bond acceptors (Lipinski definition) is 6. The molecule has 41 heavy (non-hydrogen) atoms. The summed E-state index contributed by atoms with van der Waals surface area (Å²) in [7, 11) is 3.97. The highest BCUT2D eigenvalue weighted by atomic mass is 16.2. The lowest BCUT2D eigenvalue weighted by atomic mass is 9.90. The van der Waals surface area contributed by atoms with Gasteiger partial charge >= 0.3 is 0 Å². The molecule has 1 fully saturated rings. The van der Waals surface area contributed by atoms with Crippen LogP contribution in [0.1, 0.15) is 52.0 Å². The number of hydrogen-bond donors (Lipinski definition) is 2. The molecule has 0 saturated heterocycles. The Morgan fingerprint density at radius 2 is 1.29 bits per heavy atom. The quantitative estimate of drug-likeness (QED) is 0.237. The summed E-state index contributed by atoms with van der Waals surface area (Å²) < 4.78 is 0. The van der Waals surface area contributed by atoms with Gasteiger partial charge in [-0.3, -0.25) is 9.59 Å². The smallest absolute Gasteiger partial charge is 0.252 e. The number of para-hydroxylation sites is 1. The van der Waals surface area contributed by atoms with Crippen LogP contribution in [0, 0.1) is 0 Å². The van der Waals surface area contributed by atoms with Gasteiger partial charge in [0.1, 0.15) is 5.82 Å². The first-order chi connectivity index (χ1) is 20.0. The average Bonchev–Trinajstić information content (AvgIpc) is 3.01. The van der Waals surface area contributed by atoms with Crippen LogP contribution in [-0.2, 0) is 0 Å². The number of anilines is 2. The molecule has 1 aromatic heterocycles. The predicted molar refractivity (Wildman–Crippen MR) is 165 cm³/mol. The molecule has 206 valence electrons. The monoisotopic (exact) mass is 543 g/mol. The predicted octanol–water partition coefficient (Wildman–Crippen LogP) is 6.23. The molecule has 1 amide bonds. The summed E-state index contributed by atoms with van der Waals surface area (Å²) >= 11 is 0. The summed E-state index contributed by atoms with van der Waals surface area (Å²) in [5.74, 6) is 1.16. The summed E-state index contributed by atoms with van der Waals surface area (Å²) in [6.07, 6.45) is 3.43.